The van der Waals surface area contributed by atoms with Crippen LogP contribution in [0.2, 0.25) is 0 Å². The second-order valence-electron chi connectivity index (χ2n) is 11.8. The SMILES string of the molecule is C[C@H](CO)N1C[C@H](C)[C@@H](CN(C)Cc2ccc(C(F)(F)F)cc2)OCCCC[C@H](C)Oc2ccc(N(C)C)cc2C1=O. The molecule has 0 aromatic heterocycles. The van der Waals surface area contributed by atoms with Crippen molar-refractivity contribution in [1.29, 1.82) is 0 Å². The fourth-order valence-corrected chi connectivity index (χ4v) is 5.13. The molecule has 2 aromatic carbocycles. The number of likely N-dealkylation sites (N-methyl/N-ethyl adjacent to an activating group) is 1. The van der Waals surface area contributed by atoms with Gasteiger partial charge in [0.05, 0.1) is 36.0 Å². The number of halogens is 3. The number of carbonyl (C=O) groups excluding carboxylic acids is 1. The minimum atomic E-state index is -4.37. The zero-order valence-corrected chi connectivity index (χ0v) is 25.7. The molecular formula is C32H46F3N3O4. The maximum atomic E-state index is 14.1. The molecule has 1 heterocycles. The summed E-state index contributed by atoms with van der Waals surface area (Å²) in [6.45, 7) is 7.52. The van der Waals surface area contributed by atoms with Crippen LogP contribution in [0.3, 0.4) is 0 Å². The van der Waals surface area contributed by atoms with E-state index in [2.05, 4.69) is 0 Å². The summed E-state index contributed by atoms with van der Waals surface area (Å²) in [5, 5.41) is 10.1. The van der Waals surface area contributed by atoms with Gasteiger partial charge in [-0.25, -0.2) is 0 Å². The van der Waals surface area contributed by atoms with Gasteiger partial charge in [-0.05, 0) is 76.1 Å². The molecule has 0 saturated heterocycles. The maximum absolute atomic E-state index is 14.1. The zero-order chi connectivity index (χ0) is 31.0. The third-order valence-electron chi connectivity index (χ3n) is 7.78. The number of fused-ring (bicyclic) bond motifs is 1. The Morgan fingerprint density at radius 2 is 1.76 bits per heavy atom. The van der Waals surface area contributed by atoms with Crippen LogP contribution in [0.15, 0.2) is 42.5 Å². The maximum Gasteiger partial charge on any atom is 0.416 e. The van der Waals surface area contributed by atoms with E-state index in [4.69, 9.17) is 9.47 Å². The summed E-state index contributed by atoms with van der Waals surface area (Å²) in [5.74, 6) is 0.214. The normalized spacial score (nSPS) is 21.8. The highest BCUT2D eigenvalue weighted by atomic mass is 19.4. The van der Waals surface area contributed by atoms with Gasteiger partial charge in [0.25, 0.3) is 5.91 Å². The fraction of sp³-hybridized carbons (Fsp3) is 0.594. The van der Waals surface area contributed by atoms with Gasteiger partial charge in [0.2, 0.25) is 0 Å². The van der Waals surface area contributed by atoms with Gasteiger partial charge in [0, 0.05) is 51.9 Å². The van der Waals surface area contributed by atoms with Gasteiger partial charge in [0.1, 0.15) is 5.75 Å². The van der Waals surface area contributed by atoms with E-state index in [9.17, 15) is 23.1 Å². The summed E-state index contributed by atoms with van der Waals surface area (Å²) < 4.78 is 51.6. The van der Waals surface area contributed by atoms with Crippen LogP contribution in [0.5, 0.6) is 5.75 Å². The van der Waals surface area contributed by atoms with Crippen molar-refractivity contribution in [2.45, 2.75) is 71.0 Å². The molecule has 0 fully saturated rings. The molecule has 0 aliphatic carbocycles. The Kier molecular flexibility index (Phi) is 12.1. The summed E-state index contributed by atoms with van der Waals surface area (Å²) in [6, 6.07) is 10.4. The van der Waals surface area contributed by atoms with Gasteiger partial charge < -0.3 is 24.4 Å². The smallest absolute Gasteiger partial charge is 0.416 e. The summed E-state index contributed by atoms with van der Waals surface area (Å²) in [5.41, 5.74) is 1.43. The molecule has 0 unspecified atom stereocenters. The van der Waals surface area contributed by atoms with Crippen LogP contribution in [0, 0.1) is 5.92 Å². The summed E-state index contributed by atoms with van der Waals surface area (Å²) >= 11 is 0. The molecule has 0 bridgehead atoms. The van der Waals surface area contributed by atoms with Gasteiger partial charge in [-0.2, -0.15) is 13.2 Å². The number of hydrogen-bond acceptors (Lipinski definition) is 6. The second-order valence-corrected chi connectivity index (χ2v) is 11.8. The summed E-state index contributed by atoms with van der Waals surface area (Å²) in [4.78, 5) is 19.7. The number of aliphatic hydroxyl groups excluding tert-OH is 1. The molecular weight excluding hydrogens is 547 g/mol. The Balaban J connectivity index is 1.86. The second kappa shape index (κ2) is 15.1. The molecule has 0 radical (unpaired) electrons. The fourth-order valence-electron chi connectivity index (χ4n) is 5.13. The number of ether oxygens (including phenoxy) is 2. The molecule has 1 amide bonds. The van der Waals surface area contributed by atoms with Crippen molar-refractivity contribution in [3.05, 3.63) is 59.2 Å². The Labute approximate surface area is 248 Å². The van der Waals surface area contributed by atoms with Crippen molar-refractivity contribution in [1.82, 2.24) is 9.80 Å². The van der Waals surface area contributed by atoms with Crippen molar-refractivity contribution in [3.63, 3.8) is 0 Å². The molecule has 1 aliphatic heterocycles. The van der Waals surface area contributed by atoms with E-state index in [1.54, 1.807) is 4.90 Å². The number of alkyl halides is 3. The van der Waals surface area contributed by atoms with Crippen molar-refractivity contribution >= 4 is 11.6 Å². The predicted molar refractivity (Wildman–Crippen MR) is 159 cm³/mol. The molecule has 2 aromatic rings. The van der Waals surface area contributed by atoms with Gasteiger partial charge in [-0.1, -0.05) is 19.1 Å². The standard InChI is InChI=1S/C32H46F3N3O4/c1-22-18-38(23(2)21-39)31(40)28-17-27(36(4)5)14-15-29(28)42-24(3)9-7-8-16-41-30(22)20-37(6)19-25-10-12-26(13-11-25)32(33,34)35/h10-15,17,22-24,30,39H,7-9,16,18-21H2,1-6H3/t22-,23+,24-,30+/m0/s1. The largest absolute Gasteiger partial charge is 0.490 e. The highest BCUT2D eigenvalue weighted by Gasteiger charge is 2.31. The molecule has 0 spiro atoms. The number of carbonyl (C=O) groups is 1. The third-order valence-corrected chi connectivity index (χ3v) is 7.78. The number of amides is 1. The highest BCUT2D eigenvalue weighted by Crippen LogP contribution is 2.30. The Morgan fingerprint density at radius 1 is 1.07 bits per heavy atom. The number of benzene rings is 2. The molecule has 1 N–H and O–H groups in total. The van der Waals surface area contributed by atoms with Crippen LogP contribution in [0.4, 0.5) is 18.9 Å². The Bertz CT molecular complexity index is 1140. The van der Waals surface area contributed by atoms with Crippen LogP contribution in [0.1, 0.15) is 61.5 Å². The van der Waals surface area contributed by atoms with E-state index < -0.39 is 17.8 Å². The molecule has 234 valence electrons. The van der Waals surface area contributed by atoms with Crippen LogP contribution in [-0.4, -0.2) is 86.5 Å². The minimum Gasteiger partial charge on any atom is -0.490 e. The first-order valence-corrected chi connectivity index (χ1v) is 14.7. The van der Waals surface area contributed by atoms with Gasteiger partial charge >= 0.3 is 6.18 Å². The van der Waals surface area contributed by atoms with Crippen LogP contribution < -0.4 is 9.64 Å². The van der Waals surface area contributed by atoms with E-state index in [0.29, 0.717) is 37.6 Å². The summed E-state index contributed by atoms with van der Waals surface area (Å²) in [7, 11) is 5.74. The number of anilines is 1. The topological polar surface area (TPSA) is 65.5 Å². The van der Waals surface area contributed by atoms with E-state index >= 15 is 0 Å². The van der Waals surface area contributed by atoms with E-state index in [-0.39, 0.29) is 30.6 Å². The van der Waals surface area contributed by atoms with Crippen LogP contribution >= 0.6 is 0 Å². The lowest BCUT2D eigenvalue weighted by Crippen LogP contribution is -2.47. The quantitative estimate of drug-likeness (QED) is 0.445. The molecule has 1 aliphatic rings. The van der Waals surface area contributed by atoms with Gasteiger partial charge in [0.15, 0.2) is 0 Å². The molecule has 42 heavy (non-hydrogen) atoms. The first-order chi connectivity index (χ1) is 19.8. The zero-order valence-electron chi connectivity index (χ0n) is 25.7. The van der Waals surface area contributed by atoms with E-state index in [1.807, 2.05) is 69.9 Å². The first-order valence-electron chi connectivity index (χ1n) is 14.7. The molecule has 3 rings (SSSR count). The first kappa shape index (κ1) is 33.7. The van der Waals surface area contributed by atoms with Gasteiger partial charge in [-0.3, -0.25) is 9.69 Å². The third kappa shape index (κ3) is 9.34. The van der Waals surface area contributed by atoms with Crippen LogP contribution in [0.25, 0.3) is 0 Å². The van der Waals surface area contributed by atoms with Crippen molar-refractivity contribution in [2.24, 2.45) is 5.92 Å². The number of hydrogen-bond donors (Lipinski definition) is 1. The summed E-state index contributed by atoms with van der Waals surface area (Å²) in [6.07, 6.45) is -2.16. The minimum absolute atomic E-state index is 0.0960. The van der Waals surface area contributed by atoms with E-state index in [0.717, 1.165) is 42.6 Å². The lowest BCUT2D eigenvalue weighted by molar-refractivity contribution is -0.137. The van der Waals surface area contributed by atoms with Crippen molar-refractivity contribution < 1.29 is 32.5 Å². The molecule has 7 nitrogen and oxygen atoms in total. The average Bonchev–Trinajstić information content (AvgIpc) is 2.93. The number of rotatable bonds is 7. The van der Waals surface area contributed by atoms with E-state index in [1.165, 1.54) is 12.1 Å². The lowest BCUT2D eigenvalue weighted by Gasteiger charge is -2.36. The molecule has 10 heteroatoms. The predicted octanol–water partition coefficient (Wildman–Crippen LogP) is 5.70. The average molecular weight is 594 g/mol. The molecule has 0 saturated carbocycles. The lowest BCUT2D eigenvalue weighted by atomic mass is 10.0. The number of nitrogens with zero attached hydrogens (tertiary/aromatic N) is 3. The van der Waals surface area contributed by atoms with Crippen LogP contribution in [-0.2, 0) is 17.5 Å². The Morgan fingerprint density at radius 3 is 2.38 bits per heavy atom. The van der Waals surface area contributed by atoms with Crippen molar-refractivity contribution in [3.8, 4) is 5.75 Å². The molecule has 4 atom stereocenters. The number of aliphatic hydroxyl groups is 1. The van der Waals surface area contributed by atoms with Gasteiger partial charge in [-0.15, -0.1) is 0 Å². The van der Waals surface area contributed by atoms with Crippen molar-refractivity contribution in [2.75, 3.05) is 52.3 Å². The highest BCUT2D eigenvalue weighted by molar-refractivity contribution is 5.98. The Hall–Kier alpha value is -2.82. The monoisotopic (exact) mass is 593 g/mol.